The molecule has 4 rings (SSSR count). The van der Waals surface area contributed by atoms with Crippen LogP contribution in [0.2, 0.25) is 0 Å². The maximum absolute atomic E-state index is 12.9. The van der Waals surface area contributed by atoms with Gasteiger partial charge < -0.3 is 4.74 Å². The van der Waals surface area contributed by atoms with Gasteiger partial charge in [-0.25, -0.2) is 0 Å². The molecule has 1 aromatic rings. The molecule has 3 heterocycles. The minimum absolute atomic E-state index is 0.0775. The predicted molar refractivity (Wildman–Crippen MR) is 81.1 cm³/mol. The number of rotatable bonds is 1. The Kier molecular flexibility index (Phi) is 2.88. The van der Waals surface area contributed by atoms with Gasteiger partial charge in [-0.2, -0.15) is 0 Å². The Morgan fingerprint density at radius 1 is 1.24 bits per heavy atom. The summed E-state index contributed by atoms with van der Waals surface area (Å²) in [6, 6.07) is 9.73. The van der Waals surface area contributed by atoms with E-state index in [1.807, 2.05) is 42.5 Å². The lowest BCUT2D eigenvalue weighted by molar-refractivity contribution is -0.123. The van der Waals surface area contributed by atoms with Crippen molar-refractivity contribution in [1.82, 2.24) is 0 Å². The van der Waals surface area contributed by atoms with Crippen molar-refractivity contribution in [3.63, 3.8) is 0 Å². The van der Waals surface area contributed by atoms with E-state index >= 15 is 0 Å². The first-order chi connectivity index (χ1) is 10.4. The minimum atomic E-state index is -0.171. The van der Waals surface area contributed by atoms with Crippen LogP contribution in [0.4, 0.5) is 5.69 Å². The van der Waals surface area contributed by atoms with Crippen molar-refractivity contribution in [3.8, 4) is 0 Å². The van der Waals surface area contributed by atoms with E-state index in [1.165, 1.54) is 0 Å². The second-order valence-electron chi connectivity index (χ2n) is 5.40. The molecule has 3 aliphatic heterocycles. The third-order valence-electron chi connectivity index (χ3n) is 4.09. The first kappa shape index (κ1) is 12.4. The Hall–Kier alpha value is -2.36. The van der Waals surface area contributed by atoms with Gasteiger partial charge in [0, 0.05) is 0 Å². The number of hydrogen-bond donors (Lipinski definition) is 0. The van der Waals surface area contributed by atoms with Crippen LogP contribution in [0.25, 0.3) is 0 Å². The summed E-state index contributed by atoms with van der Waals surface area (Å²) < 4.78 is 5.81. The van der Waals surface area contributed by atoms with E-state index in [1.54, 1.807) is 4.90 Å². The molecule has 1 aromatic carbocycles. The third kappa shape index (κ3) is 1.90. The Morgan fingerprint density at radius 2 is 2.10 bits per heavy atom. The Labute approximate surface area is 123 Å². The van der Waals surface area contributed by atoms with Crippen molar-refractivity contribution in [2.24, 2.45) is 10.9 Å². The number of amidine groups is 1. The van der Waals surface area contributed by atoms with Crippen LogP contribution < -0.4 is 4.90 Å². The number of nitrogens with zero attached hydrogens (tertiary/aromatic N) is 2. The summed E-state index contributed by atoms with van der Waals surface area (Å²) in [6.45, 7) is 1.29. The van der Waals surface area contributed by atoms with Crippen molar-refractivity contribution in [2.45, 2.75) is 12.8 Å². The largest absolute Gasteiger partial charge is 0.496 e. The molecule has 0 saturated carbocycles. The zero-order chi connectivity index (χ0) is 14.2. The highest BCUT2D eigenvalue weighted by Gasteiger charge is 2.42. The van der Waals surface area contributed by atoms with E-state index in [-0.39, 0.29) is 11.8 Å². The van der Waals surface area contributed by atoms with Crippen molar-refractivity contribution < 1.29 is 9.53 Å². The molecule has 21 heavy (non-hydrogen) atoms. The van der Waals surface area contributed by atoms with Crippen LogP contribution in [-0.4, -0.2) is 24.9 Å². The zero-order valence-corrected chi connectivity index (χ0v) is 11.7. The summed E-state index contributed by atoms with van der Waals surface area (Å²) in [5.74, 6) is 1.44. The fourth-order valence-corrected chi connectivity index (χ4v) is 3.14. The van der Waals surface area contributed by atoms with Gasteiger partial charge in [0.15, 0.2) is 0 Å². The van der Waals surface area contributed by atoms with Gasteiger partial charge in [0.1, 0.15) is 11.6 Å². The fourth-order valence-electron chi connectivity index (χ4n) is 3.14. The second kappa shape index (κ2) is 4.88. The van der Waals surface area contributed by atoms with Crippen LogP contribution in [0.15, 0.2) is 58.8 Å². The number of ether oxygens (including phenoxy) is 1. The topological polar surface area (TPSA) is 41.9 Å². The second-order valence-corrected chi connectivity index (χ2v) is 5.40. The molecule has 0 N–H and O–H groups in total. The lowest BCUT2D eigenvalue weighted by atomic mass is 9.88. The van der Waals surface area contributed by atoms with E-state index in [0.29, 0.717) is 13.2 Å². The normalized spacial score (nSPS) is 24.2. The summed E-state index contributed by atoms with van der Waals surface area (Å²) in [4.78, 5) is 19.2. The van der Waals surface area contributed by atoms with E-state index in [4.69, 9.17) is 4.74 Å². The molecule has 1 unspecified atom stereocenters. The maximum atomic E-state index is 12.9. The van der Waals surface area contributed by atoms with Crippen molar-refractivity contribution in [1.29, 1.82) is 0 Å². The van der Waals surface area contributed by atoms with Crippen LogP contribution in [0, 0.1) is 5.92 Å². The van der Waals surface area contributed by atoms with Gasteiger partial charge in [-0.3, -0.25) is 14.7 Å². The van der Waals surface area contributed by atoms with Gasteiger partial charge in [0.25, 0.3) is 0 Å². The molecular formula is C17H16N2O2. The number of anilines is 1. The molecule has 1 atom stereocenters. The Bertz CT molecular complexity index is 673. The number of hydrogen-bond acceptors (Lipinski definition) is 3. The van der Waals surface area contributed by atoms with E-state index in [0.717, 1.165) is 35.7 Å². The number of fused-ring (bicyclic) bond motifs is 2. The molecule has 0 spiro atoms. The van der Waals surface area contributed by atoms with E-state index < -0.39 is 0 Å². The fraction of sp³-hybridized carbons (Fsp3) is 0.294. The summed E-state index contributed by atoms with van der Waals surface area (Å²) in [5.41, 5.74) is 1.84. The van der Waals surface area contributed by atoms with E-state index in [2.05, 4.69) is 4.99 Å². The highest BCUT2D eigenvalue weighted by atomic mass is 16.5. The van der Waals surface area contributed by atoms with Gasteiger partial charge in [-0.15, -0.1) is 0 Å². The minimum Gasteiger partial charge on any atom is -0.496 e. The van der Waals surface area contributed by atoms with Crippen molar-refractivity contribution in [3.05, 3.63) is 53.8 Å². The lowest BCUT2D eigenvalue weighted by Crippen LogP contribution is -2.48. The number of para-hydroxylation sites is 1. The summed E-state index contributed by atoms with van der Waals surface area (Å²) in [5, 5.41) is 0. The van der Waals surface area contributed by atoms with Crippen LogP contribution in [-0.2, 0) is 9.53 Å². The molecule has 4 nitrogen and oxygen atoms in total. The Morgan fingerprint density at radius 3 is 2.95 bits per heavy atom. The maximum Gasteiger partial charge on any atom is 0.243 e. The highest BCUT2D eigenvalue weighted by Crippen LogP contribution is 2.37. The predicted octanol–water partition coefficient (Wildman–Crippen LogP) is 2.68. The summed E-state index contributed by atoms with van der Waals surface area (Å²) in [7, 11) is 0. The molecule has 0 aromatic heterocycles. The quantitative estimate of drug-likeness (QED) is 0.793. The standard InChI is InChI=1S/C17H16N2O2/c20-17-14-9-5-11-21-15(14)13-8-4-10-18-16(13)19(17)12-6-2-1-3-7-12/h1-4,6-8,14H,5,9-11H2. The molecular weight excluding hydrogens is 264 g/mol. The average Bonchev–Trinajstić information content (AvgIpc) is 2.56. The number of amides is 1. The smallest absolute Gasteiger partial charge is 0.243 e. The van der Waals surface area contributed by atoms with Crippen molar-refractivity contribution in [2.75, 3.05) is 18.1 Å². The molecule has 0 bridgehead atoms. The Balaban J connectivity index is 1.88. The van der Waals surface area contributed by atoms with Gasteiger partial charge in [-0.05, 0) is 31.1 Å². The van der Waals surface area contributed by atoms with Gasteiger partial charge >= 0.3 is 0 Å². The van der Waals surface area contributed by atoms with Crippen LogP contribution >= 0.6 is 0 Å². The summed E-state index contributed by atoms with van der Waals surface area (Å²) in [6.07, 6.45) is 5.83. The number of dihydropyridines is 1. The van der Waals surface area contributed by atoms with Gasteiger partial charge in [0.05, 0.1) is 30.3 Å². The lowest BCUT2D eigenvalue weighted by Gasteiger charge is -2.38. The number of carbonyl (C=O) groups excluding carboxylic acids is 1. The number of aliphatic imine (C=N–C) groups is 1. The zero-order valence-electron chi connectivity index (χ0n) is 11.7. The molecule has 1 amide bonds. The molecule has 0 radical (unpaired) electrons. The first-order valence-electron chi connectivity index (χ1n) is 7.33. The summed E-state index contributed by atoms with van der Waals surface area (Å²) >= 11 is 0. The molecule has 3 aliphatic rings. The van der Waals surface area contributed by atoms with Gasteiger partial charge in [-0.1, -0.05) is 24.3 Å². The molecule has 0 aliphatic carbocycles. The van der Waals surface area contributed by atoms with Crippen LogP contribution in [0.3, 0.4) is 0 Å². The average molecular weight is 280 g/mol. The molecule has 1 saturated heterocycles. The SMILES string of the molecule is O=C1C2CCCOC2=C2C=CCN=C2N1c1ccccc1. The first-order valence-corrected chi connectivity index (χ1v) is 7.33. The van der Waals surface area contributed by atoms with Crippen LogP contribution in [0.1, 0.15) is 12.8 Å². The molecule has 1 fully saturated rings. The number of carbonyl (C=O) groups is 1. The molecule has 106 valence electrons. The van der Waals surface area contributed by atoms with Gasteiger partial charge in [0.2, 0.25) is 5.91 Å². The van der Waals surface area contributed by atoms with Crippen LogP contribution in [0.5, 0.6) is 0 Å². The number of benzene rings is 1. The third-order valence-corrected chi connectivity index (χ3v) is 4.09. The van der Waals surface area contributed by atoms with Crippen molar-refractivity contribution >= 4 is 17.4 Å². The monoisotopic (exact) mass is 280 g/mol. The van der Waals surface area contributed by atoms with E-state index in [9.17, 15) is 4.79 Å². The molecule has 4 heteroatoms. The highest BCUT2D eigenvalue weighted by molar-refractivity contribution is 6.28.